The summed E-state index contributed by atoms with van der Waals surface area (Å²) in [6.45, 7) is 6.14. The van der Waals surface area contributed by atoms with E-state index < -0.39 is 0 Å². The molecule has 1 unspecified atom stereocenters. The molecule has 17 heavy (non-hydrogen) atoms. The summed E-state index contributed by atoms with van der Waals surface area (Å²) in [5.74, 6) is 0.531. The lowest BCUT2D eigenvalue weighted by Crippen LogP contribution is -2.32. The van der Waals surface area contributed by atoms with Crippen LogP contribution in [0.15, 0.2) is 28.7 Å². The lowest BCUT2D eigenvalue weighted by Gasteiger charge is -2.18. The largest absolute Gasteiger partial charge is 0.384 e. The minimum absolute atomic E-state index is 0.527. The van der Waals surface area contributed by atoms with E-state index in [0.717, 1.165) is 24.0 Å². The van der Waals surface area contributed by atoms with Gasteiger partial charge in [-0.2, -0.15) is 0 Å². The zero-order valence-electron chi connectivity index (χ0n) is 10.9. The molecule has 1 aromatic rings. The minimum atomic E-state index is 0.527. The first-order valence-corrected chi connectivity index (χ1v) is 6.88. The highest BCUT2D eigenvalue weighted by Gasteiger charge is 2.10. The van der Waals surface area contributed by atoms with E-state index in [0.29, 0.717) is 12.0 Å². The number of rotatable bonds is 7. The molecule has 2 nitrogen and oxygen atoms in total. The molecule has 1 rings (SSSR count). The molecule has 0 heterocycles. The summed E-state index contributed by atoms with van der Waals surface area (Å²) < 4.78 is 6.41. The smallest absolute Gasteiger partial charge is 0.0505 e. The van der Waals surface area contributed by atoms with E-state index in [1.54, 1.807) is 7.11 Å². The number of hydrogen-bond donors (Lipinski definition) is 1. The maximum absolute atomic E-state index is 5.28. The number of benzene rings is 1. The molecule has 0 amide bonds. The maximum Gasteiger partial charge on any atom is 0.0505 e. The van der Waals surface area contributed by atoms with E-state index in [4.69, 9.17) is 4.74 Å². The Balaban J connectivity index is 2.50. The molecule has 0 fully saturated rings. The average Bonchev–Trinajstić information content (AvgIpc) is 2.29. The number of nitrogens with one attached hydrogen (secondary N) is 1. The molecule has 0 aromatic heterocycles. The summed E-state index contributed by atoms with van der Waals surface area (Å²) in [6, 6.07) is 9.05. The molecule has 0 bridgehead atoms. The fourth-order valence-electron chi connectivity index (χ4n) is 1.78. The van der Waals surface area contributed by atoms with E-state index in [-0.39, 0.29) is 0 Å². The molecule has 0 saturated carbocycles. The Morgan fingerprint density at radius 1 is 1.24 bits per heavy atom. The van der Waals surface area contributed by atoms with Gasteiger partial charge in [0.05, 0.1) is 6.61 Å². The fourth-order valence-corrected chi connectivity index (χ4v) is 2.05. The van der Waals surface area contributed by atoms with Gasteiger partial charge in [-0.3, -0.25) is 0 Å². The van der Waals surface area contributed by atoms with Crippen molar-refractivity contribution in [2.45, 2.75) is 26.3 Å². The Labute approximate surface area is 113 Å². The SMILES string of the molecule is COCC(CNC(C)C)Cc1ccc(Br)cc1. The molecule has 0 saturated heterocycles. The van der Waals surface area contributed by atoms with Crippen LogP contribution in [0.3, 0.4) is 0 Å². The van der Waals surface area contributed by atoms with Crippen LogP contribution in [-0.4, -0.2) is 26.3 Å². The number of hydrogen-bond acceptors (Lipinski definition) is 2. The molecule has 0 aliphatic rings. The second-order valence-electron chi connectivity index (χ2n) is 4.71. The monoisotopic (exact) mass is 299 g/mol. The van der Waals surface area contributed by atoms with Crippen molar-refractivity contribution in [1.29, 1.82) is 0 Å². The molecule has 1 aromatic carbocycles. The van der Waals surface area contributed by atoms with Crippen molar-refractivity contribution in [3.8, 4) is 0 Å². The van der Waals surface area contributed by atoms with Crippen LogP contribution in [0.5, 0.6) is 0 Å². The van der Waals surface area contributed by atoms with Crippen LogP contribution in [0.25, 0.3) is 0 Å². The summed E-state index contributed by atoms with van der Waals surface area (Å²) >= 11 is 3.46. The van der Waals surface area contributed by atoms with Gasteiger partial charge in [0.15, 0.2) is 0 Å². The zero-order valence-corrected chi connectivity index (χ0v) is 12.5. The van der Waals surface area contributed by atoms with Crippen molar-refractivity contribution in [3.05, 3.63) is 34.3 Å². The van der Waals surface area contributed by atoms with E-state index in [2.05, 4.69) is 59.4 Å². The minimum Gasteiger partial charge on any atom is -0.384 e. The predicted octanol–water partition coefficient (Wildman–Crippen LogP) is 3.25. The molecule has 0 aliphatic carbocycles. The topological polar surface area (TPSA) is 21.3 Å². The highest BCUT2D eigenvalue weighted by molar-refractivity contribution is 9.10. The van der Waals surface area contributed by atoms with Crippen molar-refractivity contribution >= 4 is 15.9 Å². The Bertz CT molecular complexity index is 311. The van der Waals surface area contributed by atoms with Crippen molar-refractivity contribution in [2.24, 2.45) is 5.92 Å². The fraction of sp³-hybridized carbons (Fsp3) is 0.571. The van der Waals surface area contributed by atoms with E-state index in [1.807, 2.05) is 0 Å². The quantitative estimate of drug-likeness (QED) is 0.834. The van der Waals surface area contributed by atoms with Crippen molar-refractivity contribution in [1.82, 2.24) is 5.32 Å². The van der Waals surface area contributed by atoms with Gasteiger partial charge >= 0.3 is 0 Å². The molecule has 96 valence electrons. The standard InChI is InChI=1S/C14H22BrNO/c1-11(2)16-9-13(10-17-3)8-12-4-6-14(15)7-5-12/h4-7,11,13,16H,8-10H2,1-3H3. The van der Waals surface area contributed by atoms with Crippen LogP contribution in [0, 0.1) is 5.92 Å². The van der Waals surface area contributed by atoms with Gasteiger partial charge in [0.1, 0.15) is 0 Å². The van der Waals surface area contributed by atoms with E-state index in [1.165, 1.54) is 5.56 Å². The third kappa shape index (κ3) is 6.20. The summed E-state index contributed by atoms with van der Waals surface area (Å²) in [6.07, 6.45) is 1.06. The van der Waals surface area contributed by atoms with Gasteiger partial charge in [0.25, 0.3) is 0 Å². The van der Waals surface area contributed by atoms with Gasteiger partial charge < -0.3 is 10.1 Å². The van der Waals surface area contributed by atoms with Crippen LogP contribution in [-0.2, 0) is 11.2 Å². The summed E-state index contributed by atoms with van der Waals surface area (Å²) in [5, 5.41) is 3.47. The molecule has 0 spiro atoms. The first-order valence-electron chi connectivity index (χ1n) is 6.08. The normalized spacial score (nSPS) is 13.0. The predicted molar refractivity (Wildman–Crippen MR) is 76.4 cm³/mol. The van der Waals surface area contributed by atoms with Crippen molar-refractivity contribution < 1.29 is 4.74 Å². The second-order valence-corrected chi connectivity index (χ2v) is 5.63. The van der Waals surface area contributed by atoms with Gasteiger partial charge in [0, 0.05) is 24.2 Å². The van der Waals surface area contributed by atoms with E-state index >= 15 is 0 Å². The zero-order chi connectivity index (χ0) is 12.7. The number of halogens is 1. The van der Waals surface area contributed by atoms with Gasteiger partial charge in [-0.25, -0.2) is 0 Å². The van der Waals surface area contributed by atoms with Crippen LogP contribution in [0.4, 0.5) is 0 Å². The van der Waals surface area contributed by atoms with E-state index in [9.17, 15) is 0 Å². The molecule has 0 radical (unpaired) electrons. The highest BCUT2D eigenvalue weighted by Crippen LogP contribution is 2.14. The molecule has 3 heteroatoms. The van der Waals surface area contributed by atoms with Crippen molar-refractivity contribution in [2.75, 3.05) is 20.3 Å². The maximum atomic E-state index is 5.28. The molecule has 1 N–H and O–H groups in total. The Hall–Kier alpha value is -0.380. The molecular weight excluding hydrogens is 278 g/mol. The van der Waals surface area contributed by atoms with Crippen LogP contribution in [0.2, 0.25) is 0 Å². The Morgan fingerprint density at radius 3 is 2.41 bits per heavy atom. The summed E-state index contributed by atoms with van der Waals surface area (Å²) in [5.41, 5.74) is 1.36. The lowest BCUT2D eigenvalue weighted by molar-refractivity contribution is 0.149. The summed E-state index contributed by atoms with van der Waals surface area (Å²) in [4.78, 5) is 0. The molecule has 1 atom stereocenters. The number of methoxy groups -OCH3 is 1. The molecule has 0 aliphatic heterocycles. The van der Waals surface area contributed by atoms with Crippen LogP contribution >= 0.6 is 15.9 Å². The Morgan fingerprint density at radius 2 is 1.88 bits per heavy atom. The van der Waals surface area contributed by atoms with Crippen molar-refractivity contribution in [3.63, 3.8) is 0 Å². The lowest BCUT2D eigenvalue weighted by atomic mass is 10.00. The summed E-state index contributed by atoms with van der Waals surface area (Å²) in [7, 11) is 1.77. The third-order valence-corrected chi connectivity index (χ3v) is 3.18. The van der Waals surface area contributed by atoms with Gasteiger partial charge in [-0.05, 0) is 30.0 Å². The Kier molecular flexibility index (Phi) is 6.78. The third-order valence-electron chi connectivity index (χ3n) is 2.65. The second kappa shape index (κ2) is 7.85. The number of ether oxygens (including phenoxy) is 1. The van der Waals surface area contributed by atoms with Crippen LogP contribution < -0.4 is 5.32 Å². The average molecular weight is 300 g/mol. The first-order chi connectivity index (χ1) is 8.11. The van der Waals surface area contributed by atoms with Gasteiger partial charge in [-0.15, -0.1) is 0 Å². The van der Waals surface area contributed by atoms with Gasteiger partial charge in [-0.1, -0.05) is 41.9 Å². The first kappa shape index (κ1) is 14.7. The molecular formula is C14H22BrNO. The van der Waals surface area contributed by atoms with Crippen LogP contribution in [0.1, 0.15) is 19.4 Å². The van der Waals surface area contributed by atoms with Gasteiger partial charge in [0.2, 0.25) is 0 Å². The highest BCUT2D eigenvalue weighted by atomic mass is 79.9.